The summed E-state index contributed by atoms with van der Waals surface area (Å²) >= 11 is 5.92. The second kappa shape index (κ2) is 8.13. The molecular weight excluding hydrogens is 477 g/mol. The van der Waals surface area contributed by atoms with Crippen molar-refractivity contribution in [3.8, 4) is 11.5 Å². The van der Waals surface area contributed by atoms with E-state index in [0.717, 1.165) is 18.2 Å². The van der Waals surface area contributed by atoms with Gasteiger partial charge in [0, 0.05) is 17.8 Å². The Morgan fingerprint density at radius 3 is 2.21 bits per heavy atom. The molecule has 0 unspecified atom stereocenters. The van der Waals surface area contributed by atoms with Gasteiger partial charge in [0.25, 0.3) is 11.6 Å². The highest BCUT2D eigenvalue weighted by Crippen LogP contribution is 2.33. The summed E-state index contributed by atoms with van der Waals surface area (Å²) in [6.45, 7) is 0. The van der Waals surface area contributed by atoms with E-state index in [1.807, 2.05) is 0 Å². The van der Waals surface area contributed by atoms with Crippen molar-refractivity contribution in [3.05, 3.63) is 86.2 Å². The molecule has 0 aliphatic rings. The van der Waals surface area contributed by atoms with Crippen molar-refractivity contribution >= 4 is 40.0 Å². The highest BCUT2D eigenvalue weighted by atomic mass is 35.5. The van der Waals surface area contributed by atoms with Gasteiger partial charge in [-0.3, -0.25) is 14.9 Å². The molecule has 0 atom stereocenters. The zero-order valence-electron chi connectivity index (χ0n) is 15.8. The SMILES string of the molecule is O=C(Nc1ccc2oc(-c3c(F)c(F)c(F)c(F)c3F)nc2c1)c1ccc([N+](=O)[O-])cc1Cl. The van der Waals surface area contributed by atoms with E-state index < -0.39 is 51.4 Å². The third kappa shape index (κ3) is 3.84. The summed E-state index contributed by atoms with van der Waals surface area (Å²) in [7, 11) is 0. The number of fused-ring (bicyclic) bond motifs is 1. The number of nitrogens with zero attached hydrogens (tertiary/aromatic N) is 2. The number of hydrogen-bond donors (Lipinski definition) is 1. The maximum atomic E-state index is 14.0. The highest BCUT2D eigenvalue weighted by Gasteiger charge is 2.29. The average molecular weight is 484 g/mol. The summed E-state index contributed by atoms with van der Waals surface area (Å²) in [5.41, 5.74) is -1.77. The topological polar surface area (TPSA) is 98.3 Å². The van der Waals surface area contributed by atoms with Crippen molar-refractivity contribution in [2.45, 2.75) is 0 Å². The Balaban J connectivity index is 1.68. The minimum Gasteiger partial charge on any atom is -0.436 e. The van der Waals surface area contributed by atoms with E-state index in [2.05, 4.69) is 10.3 Å². The monoisotopic (exact) mass is 483 g/mol. The number of aromatic nitrogens is 1. The van der Waals surface area contributed by atoms with Crippen LogP contribution in [0.5, 0.6) is 0 Å². The molecule has 0 saturated carbocycles. The summed E-state index contributed by atoms with van der Waals surface area (Å²) in [6.07, 6.45) is 0. The van der Waals surface area contributed by atoms with Crippen LogP contribution >= 0.6 is 11.6 Å². The van der Waals surface area contributed by atoms with Gasteiger partial charge in [-0.15, -0.1) is 0 Å². The number of oxazole rings is 1. The molecule has 4 aromatic rings. The first-order valence-corrected chi connectivity index (χ1v) is 9.14. The number of rotatable bonds is 4. The Hall–Kier alpha value is -4.06. The van der Waals surface area contributed by atoms with Crippen LogP contribution in [-0.4, -0.2) is 15.8 Å². The van der Waals surface area contributed by atoms with Gasteiger partial charge in [0.15, 0.2) is 28.9 Å². The van der Waals surface area contributed by atoms with E-state index in [1.54, 1.807) is 0 Å². The molecule has 1 N–H and O–H groups in total. The van der Waals surface area contributed by atoms with Gasteiger partial charge in [0.1, 0.15) is 11.1 Å². The van der Waals surface area contributed by atoms with Gasteiger partial charge >= 0.3 is 0 Å². The van der Waals surface area contributed by atoms with Gasteiger partial charge in [-0.2, -0.15) is 0 Å². The summed E-state index contributed by atoms with van der Waals surface area (Å²) in [4.78, 5) is 26.3. The van der Waals surface area contributed by atoms with Crippen LogP contribution in [0.1, 0.15) is 10.4 Å². The number of hydrogen-bond acceptors (Lipinski definition) is 5. The average Bonchev–Trinajstić information content (AvgIpc) is 3.19. The third-order valence-electron chi connectivity index (χ3n) is 4.48. The number of carbonyl (C=O) groups is 1. The van der Waals surface area contributed by atoms with Crippen LogP contribution in [0.15, 0.2) is 40.8 Å². The van der Waals surface area contributed by atoms with Gasteiger partial charge in [0.2, 0.25) is 11.7 Å². The fourth-order valence-electron chi connectivity index (χ4n) is 2.90. The molecule has 1 amide bonds. The van der Waals surface area contributed by atoms with E-state index in [0.29, 0.717) is 0 Å². The first kappa shape index (κ1) is 22.1. The fourth-order valence-corrected chi connectivity index (χ4v) is 3.17. The Bertz CT molecular complexity index is 1450. The molecule has 3 aromatic carbocycles. The molecule has 0 bridgehead atoms. The summed E-state index contributed by atoms with van der Waals surface area (Å²) in [6, 6.07) is 6.99. The molecule has 0 radical (unpaired) electrons. The number of halogens is 6. The summed E-state index contributed by atoms with van der Waals surface area (Å²) in [5, 5.41) is 13.0. The van der Waals surface area contributed by atoms with E-state index in [9.17, 15) is 36.9 Å². The largest absolute Gasteiger partial charge is 0.436 e. The van der Waals surface area contributed by atoms with E-state index in [1.165, 1.54) is 18.2 Å². The lowest BCUT2D eigenvalue weighted by atomic mass is 10.1. The molecule has 0 spiro atoms. The molecule has 0 saturated heterocycles. The number of carbonyl (C=O) groups excluding carboxylic acids is 1. The zero-order chi connectivity index (χ0) is 24.0. The molecular formula is C20H7ClF5N3O4. The van der Waals surface area contributed by atoms with Crippen molar-refractivity contribution in [1.29, 1.82) is 0 Å². The summed E-state index contributed by atoms with van der Waals surface area (Å²) in [5.74, 6) is -12.5. The standard InChI is InChI=1S/C20H7ClF5N3O4/c21-10-6-8(29(31)32)2-3-9(10)19(30)27-7-1-4-12-11(5-7)28-20(33-12)13-14(22)16(24)18(26)17(25)15(13)23/h1-6H,(H,27,30). The number of nitro groups is 1. The van der Waals surface area contributed by atoms with Gasteiger partial charge in [-0.1, -0.05) is 11.6 Å². The quantitative estimate of drug-likeness (QED) is 0.126. The molecule has 1 heterocycles. The molecule has 7 nitrogen and oxygen atoms in total. The minimum absolute atomic E-state index is 0.0680. The molecule has 33 heavy (non-hydrogen) atoms. The van der Waals surface area contributed by atoms with Crippen LogP contribution in [-0.2, 0) is 0 Å². The van der Waals surface area contributed by atoms with Crippen molar-refractivity contribution in [1.82, 2.24) is 4.98 Å². The Labute approximate surface area is 184 Å². The first-order valence-electron chi connectivity index (χ1n) is 8.76. The van der Waals surface area contributed by atoms with Crippen LogP contribution in [0.4, 0.5) is 33.3 Å². The zero-order valence-corrected chi connectivity index (χ0v) is 16.5. The van der Waals surface area contributed by atoms with Gasteiger partial charge in [0.05, 0.1) is 15.5 Å². The second-order valence-electron chi connectivity index (χ2n) is 6.52. The Morgan fingerprint density at radius 1 is 0.970 bits per heavy atom. The van der Waals surface area contributed by atoms with Crippen LogP contribution in [0.2, 0.25) is 5.02 Å². The molecule has 13 heteroatoms. The third-order valence-corrected chi connectivity index (χ3v) is 4.79. The van der Waals surface area contributed by atoms with Crippen molar-refractivity contribution in [3.63, 3.8) is 0 Å². The molecule has 0 fully saturated rings. The van der Waals surface area contributed by atoms with Gasteiger partial charge < -0.3 is 9.73 Å². The Morgan fingerprint density at radius 2 is 1.61 bits per heavy atom. The fraction of sp³-hybridized carbons (Fsp3) is 0. The number of anilines is 1. The predicted molar refractivity (Wildman–Crippen MR) is 105 cm³/mol. The lowest BCUT2D eigenvalue weighted by Gasteiger charge is -2.06. The molecule has 1 aromatic heterocycles. The predicted octanol–water partition coefficient (Wildman–Crippen LogP) is 6.00. The normalized spacial score (nSPS) is 11.1. The van der Waals surface area contributed by atoms with Crippen LogP contribution in [0.25, 0.3) is 22.6 Å². The molecule has 0 aliphatic heterocycles. The van der Waals surface area contributed by atoms with Crippen LogP contribution in [0.3, 0.4) is 0 Å². The maximum Gasteiger partial charge on any atom is 0.270 e. The number of non-ortho nitro benzene ring substituents is 1. The second-order valence-corrected chi connectivity index (χ2v) is 6.93. The van der Waals surface area contributed by atoms with E-state index in [4.69, 9.17) is 16.0 Å². The molecule has 0 aliphatic carbocycles. The van der Waals surface area contributed by atoms with E-state index in [-0.39, 0.29) is 33.1 Å². The molecule has 168 valence electrons. The molecule has 4 rings (SSSR count). The maximum absolute atomic E-state index is 14.0. The van der Waals surface area contributed by atoms with Crippen molar-refractivity contribution in [2.75, 3.05) is 5.32 Å². The number of nitrogens with one attached hydrogen (secondary N) is 1. The lowest BCUT2D eigenvalue weighted by Crippen LogP contribution is -2.12. The first-order chi connectivity index (χ1) is 15.6. The Kier molecular flexibility index (Phi) is 5.46. The highest BCUT2D eigenvalue weighted by molar-refractivity contribution is 6.34. The summed E-state index contributed by atoms with van der Waals surface area (Å²) < 4.78 is 73.4. The number of benzene rings is 3. The minimum atomic E-state index is -2.32. The smallest absolute Gasteiger partial charge is 0.270 e. The number of nitro benzene ring substituents is 1. The van der Waals surface area contributed by atoms with Crippen molar-refractivity contribution < 1.29 is 36.1 Å². The van der Waals surface area contributed by atoms with Gasteiger partial charge in [-0.25, -0.2) is 26.9 Å². The van der Waals surface area contributed by atoms with Crippen LogP contribution in [0, 0.1) is 39.2 Å². The van der Waals surface area contributed by atoms with E-state index >= 15 is 0 Å². The number of amides is 1. The van der Waals surface area contributed by atoms with Crippen LogP contribution < -0.4 is 5.32 Å². The van der Waals surface area contributed by atoms with Crippen molar-refractivity contribution in [2.24, 2.45) is 0 Å². The van der Waals surface area contributed by atoms with Gasteiger partial charge in [-0.05, 0) is 24.3 Å². The lowest BCUT2D eigenvalue weighted by molar-refractivity contribution is -0.384.